The van der Waals surface area contributed by atoms with E-state index in [0.29, 0.717) is 11.1 Å². The van der Waals surface area contributed by atoms with Crippen LogP contribution in [0.4, 0.5) is 10.1 Å². The Balaban J connectivity index is 1.81. The number of rotatable bonds is 5. The number of alkyl halides is 1. The van der Waals surface area contributed by atoms with Crippen LogP contribution in [0.2, 0.25) is 0 Å². The summed E-state index contributed by atoms with van der Waals surface area (Å²) in [5, 5.41) is 6.93. The maximum Gasteiger partial charge on any atom is 0.254 e. The predicted molar refractivity (Wildman–Crippen MR) is 91.0 cm³/mol. The lowest BCUT2D eigenvalue weighted by Gasteiger charge is -2.44. The summed E-state index contributed by atoms with van der Waals surface area (Å²) in [6, 6.07) is 7.66. The molecule has 10 heteroatoms. The molecule has 0 bridgehead atoms. The molecule has 1 fully saturated rings. The van der Waals surface area contributed by atoms with Gasteiger partial charge in [-0.15, -0.1) is 0 Å². The fourth-order valence-electron chi connectivity index (χ4n) is 2.83. The van der Waals surface area contributed by atoms with Crippen LogP contribution in [-0.4, -0.2) is 28.9 Å². The van der Waals surface area contributed by atoms with Gasteiger partial charge in [-0.2, -0.15) is 0 Å². The van der Waals surface area contributed by atoms with Crippen molar-refractivity contribution in [3.05, 3.63) is 80.3 Å². The van der Waals surface area contributed by atoms with E-state index >= 15 is 0 Å². The van der Waals surface area contributed by atoms with Crippen molar-refractivity contribution in [1.29, 1.82) is 0 Å². The summed E-state index contributed by atoms with van der Waals surface area (Å²) in [4.78, 5) is 23.2. The van der Waals surface area contributed by atoms with Gasteiger partial charge in [0.2, 0.25) is 0 Å². The third kappa shape index (κ3) is 3.41. The van der Waals surface area contributed by atoms with Gasteiger partial charge in [-0.1, -0.05) is 10.2 Å². The van der Waals surface area contributed by atoms with Gasteiger partial charge in [0.25, 0.3) is 5.91 Å². The minimum atomic E-state index is -1.60. The molecule has 26 heavy (non-hydrogen) atoms. The standard InChI is InChI=1S/C16H13FN8O/c17-16(13-1-3-20-4-2-13)9-25(10-16)15(26)12-5-11(8-21-23-18)6-14(7-12)22-24-19/h1-7H,8-10H2. The molecule has 130 valence electrons. The average Bonchev–Trinajstić information content (AvgIpc) is 2.64. The number of carbonyl (C=O) groups is 1. The molecule has 0 spiro atoms. The molecule has 1 aliphatic rings. The van der Waals surface area contributed by atoms with Crippen molar-refractivity contribution in [2.24, 2.45) is 10.2 Å². The molecule has 1 saturated heterocycles. The van der Waals surface area contributed by atoms with E-state index < -0.39 is 5.67 Å². The third-order valence-electron chi connectivity index (χ3n) is 4.07. The molecule has 1 aromatic carbocycles. The Bertz CT molecular complexity index is 929. The van der Waals surface area contributed by atoms with E-state index in [2.05, 4.69) is 25.0 Å². The summed E-state index contributed by atoms with van der Waals surface area (Å²) in [6.45, 7) is -0.143. The number of carbonyl (C=O) groups excluding carboxylic acids is 1. The second-order valence-electron chi connectivity index (χ2n) is 5.83. The minimum absolute atomic E-state index is 0.00956. The molecule has 2 aromatic rings. The zero-order chi connectivity index (χ0) is 18.6. The highest BCUT2D eigenvalue weighted by Gasteiger charge is 2.47. The predicted octanol–water partition coefficient (Wildman–Crippen LogP) is 4.15. The molecule has 2 heterocycles. The number of pyridine rings is 1. The first-order chi connectivity index (χ1) is 12.6. The molecule has 0 saturated carbocycles. The van der Waals surface area contributed by atoms with Gasteiger partial charge in [-0.25, -0.2) is 4.39 Å². The third-order valence-corrected chi connectivity index (χ3v) is 4.07. The summed E-state index contributed by atoms with van der Waals surface area (Å²) < 4.78 is 14.9. The fraction of sp³-hybridized carbons (Fsp3) is 0.250. The van der Waals surface area contributed by atoms with E-state index in [9.17, 15) is 9.18 Å². The molecule has 0 unspecified atom stereocenters. The maximum absolute atomic E-state index is 14.9. The molecule has 0 aliphatic carbocycles. The first-order valence-electron chi connectivity index (χ1n) is 7.64. The monoisotopic (exact) mass is 352 g/mol. The molecule has 0 N–H and O–H groups in total. The Hall–Kier alpha value is -3.61. The van der Waals surface area contributed by atoms with Gasteiger partial charge in [0.05, 0.1) is 19.6 Å². The van der Waals surface area contributed by atoms with Crippen molar-refractivity contribution in [2.45, 2.75) is 12.2 Å². The Morgan fingerprint density at radius 3 is 2.62 bits per heavy atom. The summed E-state index contributed by atoms with van der Waals surface area (Å²) in [5.74, 6) is -0.385. The molecule has 0 atom stereocenters. The van der Waals surface area contributed by atoms with E-state index in [1.807, 2.05) is 0 Å². The summed E-state index contributed by atoms with van der Waals surface area (Å²) >= 11 is 0. The van der Waals surface area contributed by atoms with E-state index in [4.69, 9.17) is 11.1 Å². The number of hydrogen-bond acceptors (Lipinski definition) is 4. The van der Waals surface area contributed by atoms with Crippen molar-refractivity contribution < 1.29 is 9.18 Å². The second-order valence-corrected chi connectivity index (χ2v) is 5.83. The number of azide groups is 2. The Morgan fingerprint density at radius 1 is 1.23 bits per heavy atom. The van der Waals surface area contributed by atoms with Crippen LogP contribution in [0.1, 0.15) is 21.5 Å². The molecule has 3 rings (SSSR count). The molecule has 1 aliphatic heterocycles. The van der Waals surface area contributed by atoms with Gasteiger partial charge in [-0.05, 0) is 52.5 Å². The largest absolute Gasteiger partial charge is 0.331 e. The number of amides is 1. The highest BCUT2D eigenvalue weighted by molar-refractivity contribution is 5.96. The topological polar surface area (TPSA) is 131 Å². The maximum atomic E-state index is 14.9. The van der Waals surface area contributed by atoms with Gasteiger partial charge in [0.1, 0.15) is 0 Å². The first kappa shape index (κ1) is 17.2. The molecular weight excluding hydrogens is 339 g/mol. The smallest absolute Gasteiger partial charge is 0.254 e. The first-order valence-corrected chi connectivity index (χ1v) is 7.64. The lowest BCUT2D eigenvalue weighted by molar-refractivity contribution is -0.0231. The lowest BCUT2D eigenvalue weighted by atomic mass is 9.88. The van der Waals surface area contributed by atoms with Gasteiger partial charge in [0.15, 0.2) is 5.67 Å². The normalized spacial score (nSPS) is 14.6. The van der Waals surface area contributed by atoms with Gasteiger partial charge in [0, 0.05) is 33.5 Å². The van der Waals surface area contributed by atoms with Crippen molar-refractivity contribution in [3.63, 3.8) is 0 Å². The van der Waals surface area contributed by atoms with E-state index in [-0.39, 0.29) is 36.8 Å². The van der Waals surface area contributed by atoms with Crippen LogP contribution in [0.25, 0.3) is 20.9 Å². The quantitative estimate of drug-likeness (QED) is 0.454. The Labute approximate surface area is 147 Å². The van der Waals surface area contributed by atoms with Crippen molar-refractivity contribution >= 4 is 11.6 Å². The number of aromatic nitrogens is 1. The van der Waals surface area contributed by atoms with Crippen LogP contribution in [-0.2, 0) is 12.2 Å². The second kappa shape index (κ2) is 7.10. The zero-order valence-electron chi connectivity index (χ0n) is 13.5. The van der Waals surface area contributed by atoms with Gasteiger partial charge in [-0.3, -0.25) is 9.78 Å². The summed E-state index contributed by atoms with van der Waals surface area (Å²) in [6.07, 6.45) is 3.01. The van der Waals surface area contributed by atoms with Crippen molar-refractivity contribution in [3.8, 4) is 0 Å². The zero-order valence-corrected chi connectivity index (χ0v) is 13.5. The molecular formula is C16H13FN8O. The van der Waals surface area contributed by atoms with Crippen LogP contribution in [0.3, 0.4) is 0 Å². The number of hydrogen-bond donors (Lipinski definition) is 0. The van der Waals surface area contributed by atoms with Crippen LogP contribution in [0.5, 0.6) is 0 Å². The average molecular weight is 352 g/mol. The summed E-state index contributed by atoms with van der Waals surface area (Å²) in [5.41, 5.74) is 16.9. The van der Waals surface area contributed by atoms with Crippen molar-refractivity contribution in [1.82, 2.24) is 9.88 Å². The summed E-state index contributed by atoms with van der Waals surface area (Å²) in [7, 11) is 0. The number of nitrogens with zero attached hydrogens (tertiary/aromatic N) is 8. The molecule has 1 amide bonds. The van der Waals surface area contributed by atoms with Gasteiger partial charge >= 0.3 is 0 Å². The van der Waals surface area contributed by atoms with E-state index in [1.54, 1.807) is 12.1 Å². The molecule has 1 aromatic heterocycles. The van der Waals surface area contributed by atoms with E-state index in [1.165, 1.54) is 35.5 Å². The SMILES string of the molecule is [N-]=[N+]=NCc1cc(N=[N+]=[N-])cc(C(=O)N2CC(F)(c3ccncc3)C2)c1. The molecule has 0 radical (unpaired) electrons. The lowest BCUT2D eigenvalue weighted by Crippen LogP contribution is -2.58. The minimum Gasteiger partial charge on any atom is -0.331 e. The van der Waals surface area contributed by atoms with Gasteiger partial charge < -0.3 is 4.90 Å². The number of likely N-dealkylation sites (tertiary alicyclic amines) is 1. The fourth-order valence-corrected chi connectivity index (χ4v) is 2.83. The van der Waals surface area contributed by atoms with Crippen LogP contribution < -0.4 is 0 Å². The Morgan fingerprint density at radius 2 is 1.96 bits per heavy atom. The van der Waals surface area contributed by atoms with E-state index in [0.717, 1.165) is 0 Å². The number of benzene rings is 1. The Kier molecular flexibility index (Phi) is 4.70. The van der Waals surface area contributed by atoms with Crippen LogP contribution >= 0.6 is 0 Å². The highest BCUT2D eigenvalue weighted by atomic mass is 19.1. The van der Waals surface area contributed by atoms with Crippen LogP contribution in [0, 0.1) is 0 Å². The van der Waals surface area contributed by atoms with Crippen LogP contribution in [0.15, 0.2) is 53.0 Å². The van der Waals surface area contributed by atoms with Crippen molar-refractivity contribution in [2.75, 3.05) is 13.1 Å². The molecule has 9 nitrogen and oxygen atoms in total. The number of halogens is 1. The highest BCUT2D eigenvalue weighted by Crippen LogP contribution is 2.36.